The van der Waals surface area contributed by atoms with E-state index >= 15 is 0 Å². The van der Waals surface area contributed by atoms with Crippen molar-refractivity contribution >= 4 is 28.9 Å². The Labute approximate surface area is 214 Å². The molecule has 1 N–H and O–H groups in total. The van der Waals surface area contributed by atoms with Crippen LogP contribution < -0.4 is 15.0 Å². The highest BCUT2D eigenvalue weighted by Gasteiger charge is 2.50. The summed E-state index contributed by atoms with van der Waals surface area (Å²) in [7, 11) is 1.56. The molecule has 36 heavy (non-hydrogen) atoms. The van der Waals surface area contributed by atoms with Crippen LogP contribution in [0.5, 0.6) is 5.75 Å². The van der Waals surface area contributed by atoms with Crippen LogP contribution in [0.2, 0.25) is 5.15 Å². The molecule has 0 spiro atoms. The summed E-state index contributed by atoms with van der Waals surface area (Å²) in [6.07, 6.45) is 3.33. The van der Waals surface area contributed by atoms with Crippen molar-refractivity contribution in [3.8, 4) is 5.75 Å². The summed E-state index contributed by atoms with van der Waals surface area (Å²) in [4.78, 5) is 12.7. The maximum Gasteiger partial charge on any atom is 0.420 e. The predicted molar refractivity (Wildman–Crippen MR) is 133 cm³/mol. The molecule has 5 fully saturated rings. The van der Waals surface area contributed by atoms with Crippen LogP contribution in [-0.2, 0) is 6.18 Å². The number of alkyl halides is 3. The van der Waals surface area contributed by atoms with Crippen LogP contribution in [0.25, 0.3) is 0 Å². The van der Waals surface area contributed by atoms with E-state index in [-0.39, 0.29) is 5.95 Å². The Morgan fingerprint density at radius 3 is 2.25 bits per heavy atom. The second-order valence-electron chi connectivity index (χ2n) is 10.8. The molecule has 4 bridgehead atoms. The average Bonchev–Trinajstić information content (AvgIpc) is 2.83. The van der Waals surface area contributed by atoms with Gasteiger partial charge >= 0.3 is 6.18 Å². The molecule has 1 saturated heterocycles. The van der Waals surface area contributed by atoms with Gasteiger partial charge in [-0.25, -0.2) is 9.97 Å². The lowest BCUT2D eigenvalue weighted by atomic mass is 9.54. The van der Waals surface area contributed by atoms with Crippen molar-refractivity contribution in [2.45, 2.75) is 44.3 Å². The summed E-state index contributed by atoms with van der Waals surface area (Å²) in [5.74, 6) is 4.33. The molecule has 0 atom stereocenters. The molecule has 7 rings (SSSR count). The summed E-state index contributed by atoms with van der Waals surface area (Å²) in [5.41, 5.74) is 0.558. The normalized spacial score (nSPS) is 30.0. The maximum atomic E-state index is 12.9. The van der Waals surface area contributed by atoms with Crippen molar-refractivity contribution in [2.75, 3.05) is 43.5 Å². The fraction of sp³-hybridized carbons (Fsp3) is 0.615. The molecule has 6 nitrogen and oxygen atoms in total. The number of anilines is 3. The molecule has 1 aromatic heterocycles. The Hall–Kier alpha value is -2.26. The molecule has 10 heteroatoms. The first-order chi connectivity index (χ1) is 17.3. The minimum Gasteiger partial charge on any atom is -0.494 e. The van der Waals surface area contributed by atoms with Gasteiger partial charge in [0.25, 0.3) is 0 Å². The Bertz CT molecular complexity index is 1090. The number of hydrogen-bond donors (Lipinski definition) is 1. The molecular weight excluding hydrogens is 491 g/mol. The van der Waals surface area contributed by atoms with Crippen LogP contribution in [-0.4, -0.2) is 54.2 Å². The number of nitrogens with one attached hydrogen (secondary N) is 1. The Morgan fingerprint density at radius 1 is 1.00 bits per heavy atom. The van der Waals surface area contributed by atoms with E-state index in [2.05, 4.69) is 25.1 Å². The van der Waals surface area contributed by atoms with Gasteiger partial charge in [-0.3, -0.25) is 4.90 Å². The van der Waals surface area contributed by atoms with E-state index in [0.29, 0.717) is 17.6 Å². The average molecular weight is 522 g/mol. The molecule has 194 valence electrons. The van der Waals surface area contributed by atoms with Gasteiger partial charge in [0.2, 0.25) is 5.95 Å². The molecule has 0 radical (unpaired) electrons. The molecule has 2 heterocycles. The third-order valence-corrected chi connectivity index (χ3v) is 9.05. The standard InChI is InChI=1S/C26H31ClF3N5O/c1-36-22-13-19(2-3-21(22)32-25-31-14-20(24(27)33-25)26(28,29)30)34-4-6-35(7-5-34)23-17-9-15-8-16(11-17)12-18(23)10-15/h2-3,13-18,23H,4-12H2,1H3,(H,31,32,33). The Kier molecular flexibility index (Phi) is 6.19. The third-order valence-electron chi connectivity index (χ3n) is 8.76. The second kappa shape index (κ2) is 9.24. The van der Waals surface area contributed by atoms with Gasteiger partial charge in [0, 0.05) is 50.2 Å². The zero-order valence-corrected chi connectivity index (χ0v) is 21.0. The third kappa shape index (κ3) is 4.49. The number of rotatable bonds is 5. The predicted octanol–water partition coefficient (Wildman–Crippen LogP) is 5.85. The van der Waals surface area contributed by atoms with Crippen LogP contribution in [0.3, 0.4) is 0 Å². The number of methoxy groups -OCH3 is 1. The smallest absolute Gasteiger partial charge is 0.420 e. The molecule has 0 unspecified atom stereocenters. The number of nitrogens with zero attached hydrogens (tertiary/aromatic N) is 4. The molecule has 4 saturated carbocycles. The highest BCUT2D eigenvalue weighted by Crippen LogP contribution is 2.55. The number of benzene rings is 1. The minimum atomic E-state index is -4.60. The van der Waals surface area contributed by atoms with Gasteiger partial charge in [-0.05, 0) is 67.9 Å². The monoisotopic (exact) mass is 521 g/mol. The Balaban J connectivity index is 1.11. The summed E-state index contributed by atoms with van der Waals surface area (Å²) < 4.78 is 44.4. The lowest BCUT2D eigenvalue weighted by Gasteiger charge is -2.58. The molecule has 0 amide bonds. The molecule has 4 aliphatic carbocycles. The van der Waals surface area contributed by atoms with Crippen molar-refractivity contribution in [2.24, 2.45) is 23.7 Å². The number of halogens is 4. The van der Waals surface area contributed by atoms with Gasteiger partial charge in [0.05, 0.1) is 12.8 Å². The molecule has 5 aliphatic rings. The van der Waals surface area contributed by atoms with E-state index in [1.165, 1.54) is 32.1 Å². The van der Waals surface area contributed by atoms with Crippen molar-refractivity contribution in [1.29, 1.82) is 0 Å². The van der Waals surface area contributed by atoms with E-state index in [4.69, 9.17) is 16.3 Å². The van der Waals surface area contributed by atoms with Crippen LogP contribution in [0.4, 0.5) is 30.5 Å². The zero-order chi connectivity index (χ0) is 25.0. The van der Waals surface area contributed by atoms with Gasteiger partial charge in [-0.1, -0.05) is 11.6 Å². The fourth-order valence-electron chi connectivity index (χ4n) is 7.48. The van der Waals surface area contributed by atoms with E-state index in [0.717, 1.165) is 61.6 Å². The van der Waals surface area contributed by atoms with E-state index < -0.39 is 16.9 Å². The number of hydrogen-bond acceptors (Lipinski definition) is 6. The molecule has 1 aromatic carbocycles. The first kappa shape index (κ1) is 24.1. The summed E-state index contributed by atoms with van der Waals surface area (Å²) in [6.45, 7) is 4.09. The molecule has 1 aliphatic heterocycles. The van der Waals surface area contributed by atoms with Gasteiger partial charge in [-0.15, -0.1) is 0 Å². The van der Waals surface area contributed by atoms with E-state index in [1.54, 1.807) is 7.11 Å². The first-order valence-corrected chi connectivity index (χ1v) is 13.2. The lowest BCUT2D eigenvalue weighted by Crippen LogP contribution is -2.60. The topological polar surface area (TPSA) is 53.5 Å². The minimum absolute atomic E-state index is 0.0247. The van der Waals surface area contributed by atoms with Crippen molar-refractivity contribution < 1.29 is 17.9 Å². The summed E-state index contributed by atoms with van der Waals surface area (Å²) >= 11 is 5.74. The SMILES string of the molecule is COc1cc(N2CCN(C3C4CC5CC(C4)CC3C5)CC2)ccc1Nc1ncc(C(F)(F)F)c(Cl)n1. The van der Waals surface area contributed by atoms with Gasteiger partial charge in [-0.2, -0.15) is 13.2 Å². The quantitative estimate of drug-likeness (QED) is 0.498. The first-order valence-electron chi connectivity index (χ1n) is 12.8. The van der Waals surface area contributed by atoms with Crippen molar-refractivity contribution in [1.82, 2.24) is 14.9 Å². The maximum absolute atomic E-state index is 12.9. The Morgan fingerprint density at radius 2 is 1.67 bits per heavy atom. The zero-order valence-electron chi connectivity index (χ0n) is 20.3. The summed E-state index contributed by atoms with van der Waals surface area (Å²) in [5, 5.41) is 2.28. The van der Waals surface area contributed by atoms with Crippen LogP contribution in [0, 0.1) is 23.7 Å². The number of piperazine rings is 1. The van der Waals surface area contributed by atoms with Gasteiger partial charge < -0.3 is 15.0 Å². The van der Waals surface area contributed by atoms with Crippen molar-refractivity contribution in [3.05, 3.63) is 35.1 Å². The largest absolute Gasteiger partial charge is 0.494 e. The van der Waals surface area contributed by atoms with Crippen LogP contribution >= 0.6 is 11.6 Å². The lowest BCUT2D eigenvalue weighted by molar-refractivity contribution is -0.137. The number of ether oxygens (including phenoxy) is 1. The van der Waals surface area contributed by atoms with Gasteiger partial charge in [0.15, 0.2) is 0 Å². The molecule has 2 aromatic rings. The van der Waals surface area contributed by atoms with E-state index in [9.17, 15) is 13.2 Å². The van der Waals surface area contributed by atoms with E-state index in [1.807, 2.05) is 18.2 Å². The van der Waals surface area contributed by atoms with Crippen LogP contribution in [0.1, 0.15) is 37.7 Å². The highest BCUT2D eigenvalue weighted by molar-refractivity contribution is 6.30. The molecular formula is C26H31ClF3N5O. The highest BCUT2D eigenvalue weighted by atomic mass is 35.5. The second-order valence-corrected chi connectivity index (χ2v) is 11.2. The van der Waals surface area contributed by atoms with Crippen LogP contribution in [0.15, 0.2) is 24.4 Å². The summed E-state index contributed by atoms with van der Waals surface area (Å²) in [6, 6.07) is 6.56. The van der Waals surface area contributed by atoms with Crippen molar-refractivity contribution in [3.63, 3.8) is 0 Å². The fourth-order valence-corrected chi connectivity index (χ4v) is 7.72. The van der Waals surface area contributed by atoms with Gasteiger partial charge in [0.1, 0.15) is 16.5 Å². The number of aromatic nitrogens is 2.